The highest BCUT2D eigenvalue weighted by molar-refractivity contribution is 5.69. The number of carbonyl (C=O) groups excluding carboxylic acids is 1. The van der Waals surface area contributed by atoms with Gasteiger partial charge in [0.1, 0.15) is 12.3 Å². The Morgan fingerprint density at radius 3 is 2.69 bits per heavy atom. The largest absolute Gasteiger partial charge is 0.443 e. The summed E-state index contributed by atoms with van der Waals surface area (Å²) in [6.45, 7) is 5.47. The lowest BCUT2D eigenvalue weighted by Gasteiger charge is -2.37. The highest BCUT2D eigenvalue weighted by atomic mass is 19.1. The van der Waals surface area contributed by atoms with E-state index in [0.717, 1.165) is 37.2 Å². The molecule has 178 valence electrons. The van der Waals surface area contributed by atoms with Crippen molar-refractivity contribution >= 4 is 17.5 Å². The second kappa shape index (κ2) is 9.94. The predicted octanol–water partition coefficient (Wildman–Crippen LogP) is 2.88. The summed E-state index contributed by atoms with van der Waals surface area (Å²) in [4.78, 5) is 20.7. The number of ether oxygens (including phenoxy) is 1. The number of hydrazine groups is 1. The fourth-order valence-corrected chi connectivity index (χ4v) is 4.11. The van der Waals surface area contributed by atoms with E-state index in [9.17, 15) is 9.18 Å². The van der Waals surface area contributed by atoms with Crippen molar-refractivity contribution in [2.75, 3.05) is 45.2 Å². The number of hydrogen-bond acceptors (Lipinski definition) is 7. The zero-order valence-corrected chi connectivity index (χ0v) is 19.7. The summed E-state index contributed by atoms with van der Waals surface area (Å²) < 4.78 is 20.0. The summed E-state index contributed by atoms with van der Waals surface area (Å²) in [7, 11) is 3.38. The number of aromatic nitrogens is 1. The lowest BCUT2D eigenvalue weighted by Crippen LogP contribution is -2.44. The standard InChI is InChI=1S/C23H37FN6O2/c1-5-17-19(30-12-6-11-23(2,24)15-30)10-9-18(27-17)21(25)20(29(4)26)14-32-22(31)28(3)13-16-7-8-16/h9-10,16H,5-8,11-15,25-26H2,1-4H3/b21-20-. The van der Waals surface area contributed by atoms with E-state index in [1.54, 1.807) is 25.9 Å². The molecule has 32 heavy (non-hydrogen) atoms. The van der Waals surface area contributed by atoms with E-state index in [1.165, 1.54) is 5.01 Å². The van der Waals surface area contributed by atoms with Gasteiger partial charge in [-0.3, -0.25) is 0 Å². The van der Waals surface area contributed by atoms with Crippen molar-refractivity contribution in [3.8, 4) is 0 Å². The lowest BCUT2D eigenvalue weighted by atomic mass is 9.96. The van der Waals surface area contributed by atoms with Gasteiger partial charge in [0.15, 0.2) is 0 Å². The summed E-state index contributed by atoms with van der Waals surface area (Å²) >= 11 is 0. The number of nitrogens with zero attached hydrogens (tertiary/aromatic N) is 4. The molecule has 1 saturated carbocycles. The first-order valence-corrected chi connectivity index (χ1v) is 11.4. The van der Waals surface area contributed by atoms with Crippen LogP contribution in [0.1, 0.15) is 50.9 Å². The third-order valence-electron chi connectivity index (χ3n) is 6.16. The van der Waals surface area contributed by atoms with Gasteiger partial charge in [0.2, 0.25) is 0 Å². The van der Waals surface area contributed by atoms with Gasteiger partial charge in [0.05, 0.1) is 35.0 Å². The average Bonchev–Trinajstić information content (AvgIpc) is 3.56. The van der Waals surface area contributed by atoms with Gasteiger partial charge < -0.3 is 25.3 Å². The fraction of sp³-hybridized carbons (Fsp3) is 0.652. The number of piperidine rings is 1. The van der Waals surface area contributed by atoms with Crippen LogP contribution in [0.15, 0.2) is 17.8 Å². The minimum Gasteiger partial charge on any atom is -0.443 e. The van der Waals surface area contributed by atoms with E-state index < -0.39 is 11.8 Å². The summed E-state index contributed by atoms with van der Waals surface area (Å²) in [5, 5.41) is 1.35. The van der Waals surface area contributed by atoms with Crippen LogP contribution < -0.4 is 16.5 Å². The average molecular weight is 449 g/mol. The van der Waals surface area contributed by atoms with Crippen molar-refractivity contribution in [1.82, 2.24) is 14.9 Å². The van der Waals surface area contributed by atoms with Gasteiger partial charge in [-0.05, 0) is 57.1 Å². The van der Waals surface area contributed by atoms with Gasteiger partial charge in [-0.1, -0.05) is 6.92 Å². The number of aryl methyl sites for hydroxylation is 1. The number of anilines is 1. The molecule has 1 aromatic heterocycles. The van der Waals surface area contributed by atoms with Gasteiger partial charge >= 0.3 is 6.09 Å². The van der Waals surface area contributed by atoms with Crippen LogP contribution in [-0.4, -0.2) is 67.0 Å². The molecule has 1 atom stereocenters. The van der Waals surface area contributed by atoms with Crippen LogP contribution in [0.25, 0.3) is 5.70 Å². The Bertz CT molecular complexity index is 853. The van der Waals surface area contributed by atoms with Crippen LogP contribution in [-0.2, 0) is 11.2 Å². The van der Waals surface area contributed by atoms with Gasteiger partial charge in [-0.2, -0.15) is 0 Å². The Hall–Kier alpha value is -2.55. The van der Waals surface area contributed by atoms with E-state index in [1.807, 2.05) is 19.1 Å². The van der Waals surface area contributed by atoms with Crippen molar-refractivity contribution in [2.24, 2.45) is 17.5 Å². The zero-order chi connectivity index (χ0) is 23.5. The van der Waals surface area contributed by atoms with Crippen molar-refractivity contribution in [2.45, 2.75) is 51.6 Å². The molecular formula is C23H37FN6O2. The Kier molecular flexibility index (Phi) is 7.48. The molecule has 2 aliphatic rings. The summed E-state index contributed by atoms with van der Waals surface area (Å²) in [6, 6.07) is 3.76. The number of hydrogen-bond donors (Lipinski definition) is 2. The van der Waals surface area contributed by atoms with E-state index in [0.29, 0.717) is 48.9 Å². The molecule has 0 radical (unpaired) electrons. The van der Waals surface area contributed by atoms with Crippen molar-refractivity contribution in [3.05, 3.63) is 29.2 Å². The fourth-order valence-electron chi connectivity index (χ4n) is 4.11. The van der Waals surface area contributed by atoms with Gasteiger partial charge in [-0.15, -0.1) is 0 Å². The Balaban J connectivity index is 1.77. The van der Waals surface area contributed by atoms with E-state index in [4.69, 9.17) is 21.3 Å². The number of amides is 1. The molecule has 2 fully saturated rings. The molecule has 3 rings (SSSR count). The molecule has 0 bridgehead atoms. The van der Waals surface area contributed by atoms with Crippen molar-refractivity contribution in [3.63, 3.8) is 0 Å². The number of halogens is 1. The van der Waals surface area contributed by atoms with Crippen LogP contribution in [0.2, 0.25) is 0 Å². The molecule has 1 saturated heterocycles. The summed E-state index contributed by atoms with van der Waals surface area (Å²) in [6.07, 6.45) is 3.98. The molecule has 1 unspecified atom stereocenters. The highest BCUT2D eigenvalue weighted by Gasteiger charge is 2.31. The maximum Gasteiger partial charge on any atom is 0.409 e. The van der Waals surface area contributed by atoms with Gasteiger partial charge in [0, 0.05) is 27.2 Å². The molecule has 1 aliphatic heterocycles. The van der Waals surface area contributed by atoms with E-state index in [-0.39, 0.29) is 6.61 Å². The smallest absolute Gasteiger partial charge is 0.409 e. The molecule has 4 N–H and O–H groups in total. The maximum absolute atomic E-state index is 14.6. The topological polar surface area (TPSA) is 101 Å². The molecule has 9 heteroatoms. The maximum atomic E-state index is 14.6. The molecular weight excluding hydrogens is 411 g/mol. The predicted molar refractivity (Wildman–Crippen MR) is 124 cm³/mol. The molecule has 2 heterocycles. The second-order valence-electron chi connectivity index (χ2n) is 9.30. The summed E-state index contributed by atoms with van der Waals surface area (Å²) in [5.41, 5.74) is 8.36. The Morgan fingerprint density at radius 1 is 1.38 bits per heavy atom. The van der Waals surface area contributed by atoms with Gasteiger partial charge in [0.25, 0.3) is 0 Å². The van der Waals surface area contributed by atoms with Crippen LogP contribution in [0.3, 0.4) is 0 Å². The Labute approximate surface area is 190 Å². The second-order valence-corrected chi connectivity index (χ2v) is 9.30. The van der Waals surface area contributed by atoms with Crippen molar-refractivity contribution in [1.29, 1.82) is 0 Å². The van der Waals surface area contributed by atoms with Crippen molar-refractivity contribution < 1.29 is 13.9 Å². The minimum absolute atomic E-state index is 0.0517. The molecule has 8 nitrogen and oxygen atoms in total. The van der Waals surface area contributed by atoms with Crippen LogP contribution in [0, 0.1) is 5.92 Å². The van der Waals surface area contributed by atoms with E-state index >= 15 is 0 Å². The van der Waals surface area contributed by atoms with Crippen LogP contribution >= 0.6 is 0 Å². The monoisotopic (exact) mass is 448 g/mol. The first kappa shape index (κ1) is 24.1. The minimum atomic E-state index is -1.20. The summed E-state index contributed by atoms with van der Waals surface area (Å²) in [5.74, 6) is 6.57. The first-order chi connectivity index (χ1) is 15.1. The molecule has 0 spiro atoms. The number of likely N-dealkylation sites (N-methyl/N-ethyl adjacent to an activating group) is 1. The quantitative estimate of drug-likeness (QED) is 0.466. The first-order valence-electron chi connectivity index (χ1n) is 11.4. The number of pyridine rings is 1. The molecule has 1 amide bonds. The highest BCUT2D eigenvalue weighted by Crippen LogP contribution is 2.31. The number of rotatable bonds is 8. The Morgan fingerprint density at radius 2 is 2.09 bits per heavy atom. The molecule has 1 aliphatic carbocycles. The third kappa shape index (κ3) is 6.03. The molecule has 1 aromatic rings. The lowest BCUT2D eigenvalue weighted by molar-refractivity contribution is 0.112. The number of nitrogens with two attached hydrogens (primary N) is 2. The number of alkyl halides is 1. The zero-order valence-electron chi connectivity index (χ0n) is 19.7. The normalized spacial score (nSPS) is 21.8. The SMILES string of the molecule is CCc1nc(/C(N)=C(\COC(=O)N(C)CC2CC2)N(C)N)ccc1N1CCCC(C)(F)C1. The van der Waals surface area contributed by atoms with Gasteiger partial charge in [-0.25, -0.2) is 20.0 Å². The van der Waals surface area contributed by atoms with Crippen LogP contribution in [0.4, 0.5) is 14.9 Å². The number of carbonyl (C=O) groups is 1. The molecule has 0 aromatic carbocycles. The van der Waals surface area contributed by atoms with E-state index in [2.05, 4.69) is 4.90 Å². The third-order valence-corrected chi connectivity index (χ3v) is 6.16. The van der Waals surface area contributed by atoms with Crippen LogP contribution in [0.5, 0.6) is 0 Å².